The van der Waals surface area contributed by atoms with E-state index in [1.807, 2.05) is 19.1 Å². The maximum Gasteiger partial charge on any atom is 0.416 e. The Kier molecular flexibility index (Phi) is 9.53. The van der Waals surface area contributed by atoms with E-state index in [0.29, 0.717) is 10.4 Å². The molecule has 2 amide bonds. The topological polar surface area (TPSA) is 86.8 Å². The predicted octanol–water partition coefficient (Wildman–Crippen LogP) is 4.11. The minimum Gasteiger partial charge on any atom is -0.352 e. The van der Waals surface area contributed by atoms with Crippen molar-refractivity contribution in [1.29, 1.82) is 0 Å². The summed E-state index contributed by atoms with van der Waals surface area (Å²) >= 11 is 0. The van der Waals surface area contributed by atoms with Crippen molar-refractivity contribution in [1.82, 2.24) is 10.2 Å². The largest absolute Gasteiger partial charge is 0.416 e. The molecule has 2 aromatic carbocycles. The van der Waals surface area contributed by atoms with Crippen molar-refractivity contribution in [3.05, 3.63) is 65.2 Å². The van der Waals surface area contributed by atoms with Crippen LogP contribution >= 0.6 is 0 Å². The highest BCUT2D eigenvalue weighted by molar-refractivity contribution is 7.92. The van der Waals surface area contributed by atoms with E-state index in [1.165, 1.54) is 11.0 Å². The van der Waals surface area contributed by atoms with Gasteiger partial charge in [0.05, 0.1) is 17.5 Å². The van der Waals surface area contributed by atoms with Gasteiger partial charge in [0, 0.05) is 12.6 Å². The van der Waals surface area contributed by atoms with Crippen LogP contribution in [0.1, 0.15) is 43.9 Å². The average Bonchev–Trinajstić information content (AvgIpc) is 2.75. The lowest BCUT2D eigenvalue weighted by molar-refractivity contribution is -0.140. The van der Waals surface area contributed by atoms with Crippen LogP contribution in [0.25, 0.3) is 0 Å². The number of rotatable bonds is 10. The van der Waals surface area contributed by atoms with E-state index in [4.69, 9.17) is 0 Å². The van der Waals surface area contributed by atoms with Gasteiger partial charge in [-0.3, -0.25) is 13.9 Å². The van der Waals surface area contributed by atoms with Gasteiger partial charge in [0.15, 0.2) is 0 Å². The Hall–Kier alpha value is -3.08. The van der Waals surface area contributed by atoms with Crippen LogP contribution in [0.4, 0.5) is 18.9 Å². The Balaban J connectivity index is 2.49. The third-order valence-electron chi connectivity index (χ3n) is 5.39. The van der Waals surface area contributed by atoms with E-state index in [2.05, 4.69) is 5.32 Å². The Bertz CT molecular complexity index is 1180. The number of halogens is 3. The van der Waals surface area contributed by atoms with Gasteiger partial charge in [0.25, 0.3) is 0 Å². The van der Waals surface area contributed by atoms with Gasteiger partial charge in [0.2, 0.25) is 21.8 Å². The zero-order chi connectivity index (χ0) is 27.3. The van der Waals surface area contributed by atoms with E-state index < -0.39 is 46.2 Å². The van der Waals surface area contributed by atoms with Crippen LogP contribution in [0.5, 0.6) is 0 Å². The maximum absolute atomic E-state index is 13.6. The molecule has 0 heterocycles. The molecule has 0 saturated carbocycles. The number of alkyl halides is 3. The Morgan fingerprint density at radius 2 is 1.69 bits per heavy atom. The first-order valence-corrected chi connectivity index (χ1v) is 13.3. The zero-order valence-corrected chi connectivity index (χ0v) is 21.8. The fourth-order valence-corrected chi connectivity index (χ4v) is 4.60. The molecule has 7 nitrogen and oxygen atoms in total. The number of carbonyl (C=O) groups excluding carboxylic acids is 2. The lowest BCUT2D eigenvalue weighted by Gasteiger charge is -2.33. The quantitative estimate of drug-likeness (QED) is 0.504. The lowest BCUT2D eigenvalue weighted by Crippen LogP contribution is -2.53. The fourth-order valence-electron chi connectivity index (χ4n) is 3.76. The highest BCUT2D eigenvalue weighted by atomic mass is 32.2. The van der Waals surface area contributed by atoms with Gasteiger partial charge in [-0.05, 0) is 51.0 Å². The summed E-state index contributed by atoms with van der Waals surface area (Å²) in [5.41, 5.74) is 0.321. The van der Waals surface area contributed by atoms with Crippen LogP contribution in [-0.4, -0.2) is 50.0 Å². The fraction of sp³-hybridized carbons (Fsp3) is 0.440. The smallest absolute Gasteiger partial charge is 0.352 e. The minimum absolute atomic E-state index is 0.0186. The number of nitrogens with zero attached hydrogens (tertiary/aromatic N) is 2. The second-order valence-electron chi connectivity index (χ2n) is 8.92. The number of nitrogens with one attached hydrogen (secondary N) is 1. The van der Waals surface area contributed by atoms with Crippen molar-refractivity contribution in [3.8, 4) is 0 Å². The number of anilines is 1. The minimum atomic E-state index is -4.69. The van der Waals surface area contributed by atoms with Gasteiger partial charge < -0.3 is 10.2 Å². The van der Waals surface area contributed by atoms with Crippen molar-refractivity contribution in [3.63, 3.8) is 0 Å². The summed E-state index contributed by atoms with van der Waals surface area (Å²) in [5, 5.41) is 2.78. The molecule has 0 fully saturated rings. The summed E-state index contributed by atoms with van der Waals surface area (Å²) in [5.74, 6) is -1.12. The lowest BCUT2D eigenvalue weighted by atomic mass is 10.1. The molecular formula is C25H32F3N3O4S. The van der Waals surface area contributed by atoms with Crippen LogP contribution in [0.15, 0.2) is 48.5 Å². The summed E-state index contributed by atoms with van der Waals surface area (Å²) in [7, 11) is -4.14. The maximum atomic E-state index is 13.6. The Morgan fingerprint density at radius 1 is 1.06 bits per heavy atom. The molecule has 0 unspecified atom stereocenters. The van der Waals surface area contributed by atoms with Crippen molar-refractivity contribution >= 4 is 27.5 Å². The van der Waals surface area contributed by atoms with Crippen molar-refractivity contribution in [2.45, 2.75) is 58.9 Å². The predicted molar refractivity (Wildman–Crippen MR) is 133 cm³/mol. The summed E-state index contributed by atoms with van der Waals surface area (Å²) in [6.07, 6.45) is -3.63. The van der Waals surface area contributed by atoms with Gasteiger partial charge in [-0.2, -0.15) is 13.2 Å². The summed E-state index contributed by atoms with van der Waals surface area (Å²) in [4.78, 5) is 27.8. The number of benzene rings is 2. The highest BCUT2D eigenvalue weighted by Gasteiger charge is 2.34. The summed E-state index contributed by atoms with van der Waals surface area (Å²) < 4.78 is 65.5. The number of hydrogen-bond donors (Lipinski definition) is 1. The molecule has 1 N–H and O–H groups in total. The Labute approximate surface area is 210 Å². The summed E-state index contributed by atoms with van der Waals surface area (Å²) in [6, 6.07) is 9.96. The molecule has 0 radical (unpaired) electrons. The van der Waals surface area contributed by atoms with E-state index >= 15 is 0 Å². The van der Waals surface area contributed by atoms with E-state index in [1.54, 1.807) is 32.9 Å². The van der Waals surface area contributed by atoms with Crippen molar-refractivity contribution in [2.24, 2.45) is 0 Å². The molecule has 0 aliphatic carbocycles. The second kappa shape index (κ2) is 11.8. The van der Waals surface area contributed by atoms with E-state index in [9.17, 15) is 31.2 Å². The first-order chi connectivity index (χ1) is 16.6. The standard InChI is InChI=1S/C25H32F3N3O4S/c1-6-22(24(33)29-17(2)3)30(15-19-10-7-9-18(4)13-19)23(32)16-31(36(5,34)35)21-12-8-11-20(14-21)25(26,27)28/h7-14,17,22H,6,15-16H2,1-5H3,(H,29,33)/t22-/m0/s1. The molecule has 1 atom stereocenters. The zero-order valence-electron chi connectivity index (χ0n) is 21.0. The number of hydrogen-bond acceptors (Lipinski definition) is 4. The highest BCUT2D eigenvalue weighted by Crippen LogP contribution is 2.32. The van der Waals surface area contributed by atoms with Gasteiger partial charge in [-0.1, -0.05) is 42.8 Å². The van der Waals surface area contributed by atoms with E-state index in [-0.39, 0.29) is 24.7 Å². The molecule has 11 heteroatoms. The van der Waals surface area contributed by atoms with E-state index in [0.717, 1.165) is 29.5 Å². The molecule has 36 heavy (non-hydrogen) atoms. The second-order valence-corrected chi connectivity index (χ2v) is 10.8. The van der Waals surface area contributed by atoms with Gasteiger partial charge >= 0.3 is 6.18 Å². The number of sulfonamides is 1. The first-order valence-electron chi connectivity index (χ1n) is 11.4. The molecule has 0 aromatic heterocycles. The Morgan fingerprint density at radius 3 is 2.22 bits per heavy atom. The number of amides is 2. The average molecular weight is 528 g/mol. The normalized spacial score (nSPS) is 12.8. The monoisotopic (exact) mass is 527 g/mol. The van der Waals surface area contributed by atoms with Crippen LogP contribution in [0.2, 0.25) is 0 Å². The van der Waals surface area contributed by atoms with Crippen molar-refractivity contribution in [2.75, 3.05) is 17.1 Å². The SMILES string of the molecule is CC[C@@H](C(=O)NC(C)C)N(Cc1cccc(C)c1)C(=O)CN(c1cccc(C(F)(F)F)c1)S(C)(=O)=O. The number of aryl methyl sites for hydroxylation is 1. The molecule has 198 valence electrons. The molecule has 0 aliphatic heterocycles. The van der Waals surface area contributed by atoms with Crippen molar-refractivity contribution < 1.29 is 31.2 Å². The number of carbonyl (C=O) groups is 2. The van der Waals surface area contributed by atoms with Crippen LogP contribution in [0.3, 0.4) is 0 Å². The summed E-state index contributed by atoms with van der Waals surface area (Å²) in [6.45, 7) is 6.40. The first kappa shape index (κ1) is 29.2. The van der Waals surface area contributed by atoms with Gasteiger partial charge in [0.1, 0.15) is 12.6 Å². The molecule has 0 bridgehead atoms. The molecule has 0 saturated heterocycles. The molecular weight excluding hydrogens is 495 g/mol. The molecule has 0 aliphatic rings. The molecule has 2 aromatic rings. The molecule has 2 rings (SSSR count). The van der Waals surface area contributed by atoms with Crippen LogP contribution < -0.4 is 9.62 Å². The molecule has 0 spiro atoms. The third-order valence-corrected chi connectivity index (χ3v) is 6.53. The third kappa shape index (κ3) is 7.97. The van der Waals surface area contributed by atoms with Crippen LogP contribution in [-0.2, 0) is 32.3 Å². The van der Waals surface area contributed by atoms with Crippen LogP contribution in [0, 0.1) is 6.92 Å². The van der Waals surface area contributed by atoms with Gasteiger partial charge in [-0.15, -0.1) is 0 Å². The van der Waals surface area contributed by atoms with Gasteiger partial charge in [-0.25, -0.2) is 8.42 Å².